The third-order valence-corrected chi connectivity index (χ3v) is 5.77. The van der Waals surface area contributed by atoms with Crippen molar-refractivity contribution >= 4 is 11.9 Å². The van der Waals surface area contributed by atoms with Crippen molar-refractivity contribution in [3.63, 3.8) is 0 Å². The first kappa shape index (κ1) is 29.7. The van der Waals surface area contributed by atoms with E-state index in [0.717, 1.165) is 0 Å². The Bertz CT molecular complexity index is 1180. The number of aromatic nitrogens is 2. The molecule has 3 rings (SSSR count). The van der Waals surface area contributed by atoms with Crippen LogP contribution in [-0.2, 0) is 11.2 Å². The number of nitrogens with zero attached hydrogens (tertiary/aromatic N) is 2. The first-order valence-corrected chi connectivity index (χ1v) is 11.4. The zero-order chi connectivity index (χ0) is 25.7. The molecule has 0 saturated heterocycles. The molecule has 3 aromatic rings. The number of pyridine rings is 1. The van der Waals surface area contributed by atoms with Crippen LogP contribution in [0.25, 0.3) is 22.4 Å². The SMILES string of the molecule is CC(C)n1c(CC[C@@H](O)C[C@@H](O)CC(=O)[O-])c(-c2ccc(F)cc2)c(-c2ccccn2)c1C(N)=O.[Na+]. The van der Waals surface area contributed by atoms with Crippen molar-refractivity contribution in [2.24, 2.45) is 5.73 Å². The molecule has 0 aliphatic carbocycles. The Morgan fingerprint density at radius 3 is 2.28 bits per heavy atom. The monoisotopic (exact) mass is 505 g/mol. The van der Waals surface area contributed by atoms with Crippen LogP contribution in [0.15, 0.2) is 48.7 Å². The Hall–Kier alpha value is -2.56. The average Bonchev–Trinajstić information content (AvgIpc) is 3.14. The number of hydrogen-bond donors (Lipinski definition) is 3. The molecule has 10 heteroatoms. The van der Waals surface area contributed by atoms with Crippen LogP contribution in [0.2, 0.25) is 0 Å². The second-order valence-corrected chi connectivity index (χ2v) is 8.75. The molecule has 4 N–H and O–H groups in total. The van der Waals surface area contributed by atoms with Crippen molar-refractivity contribution < 1.29 is 58.9 Å². The van der Waals surface area contributed by atoms with Gasteiger partial charge in [0, 0.05) is 41.4 Å². The maximum absolute atomic E-state index is 13.7. The van der Waals surface area contributed by atoms with Gasteiger partial charge in [0.05, 0.1) is 17.9 Å². The van der Waals surface area contributed by atoms with E-state index in [-0.39, 0.29) is 60.6 Å². The average molecular weight is 506 g/mol. The van der Waals surface area contributed by atoms with Crippen molar-refractivity contribution in [1.82, 2.24) is 9.55 Å². The number of nitrogens with two attached hydrogens (primary N) is 1. The molecule has 0 fully saturated rings. The number of hydrogen-bond acceptors (Lipinski definition) is 6. The molecule has 0 aliphatic heterocycles. The number of carbonyl (C=O) groups is 2. The number of aliphatic hydroxyl groups is 2. The topological polar surface area (TPSA) is 142 Å². The molecule has 8 nitrogen and oxygen atoms in total. The normalized spacial score (nSPS) is 12.7. The van der Waals surface area contributed by atoms with Gasteiger partial charge in [-0.1, -0.05) is 18.2 Å². The Morgan fingerprint density at radius 1 is 1.08 bits per heavy atom. The van der Waals surface area contributed by atoms with Crippen LogP contribution in [0, 0.1) is 5.82 Å². The van der Waals surface area contributed by atoms with Gasteiger partial charge in [-0.2, -0.15) is 0 Å². The van der Waals surface area contributed by atoms with Gasteiger partial charge in [-0.15, -0.1) is 0 Å². The standard InChI is InChI=1S/C26H30FN3O5.Na/c1-15(2)30-21(11-10-18(31)13-19(32)14-22(33)34)23(16-6-8-17(27)9-7-16)24(25(30)26(28)35)20-5-3-4-12-29-20;/h3-9,12,15,18-19,31-32H,10-11,13-14H2,1-2H3,(H2,28,35)(H,33,34);/q;+1/p-1/t18-,19-;/m1./s1. The first-order chi connectivity index (χ1) is 16.6. The molecule has 0 unspecified atom stereocenters. The van der Waals surface area contributed by atoms with Gasteiger partial charge in [0.2, 0.25) is 0 Å². The maximum atomic E-state index is 13.7. The van der Waals surface area contributed by atoms with Gasteiger partial charge in [0.25, 0.3) is 5.91 Å². The largest absolute Gasteiger partial charge is 1.00 e. The van der Waals surface area contributed by atoms with Gasteiger partial charge in [-0.05, 0) is 62.9 Å². The van der Waals surface area contributed by atoms with Gasteiger partial charge in [-0.3, -0.25) is 9.78 Å². The van der Waals surface area contributed by atoms with Crippen LogP contribution < -0.4 is 40.4 Å². The number of primary amides is 1. The van der Waals surface area contributed by atoms with Crippen molar-refractivity contribution in [2.45, 2.75) is 57.8 Å². The van der Waals surface area contributed by atoms with E-state index >= 15 is 0 Å². The van der Waals surface area contributed by atoms with Gasteiger partial charge < -0.3 is 30.4 Å². The summed E-state index contributed by atoms with van der Waals surface area (Å²) in [5.41, 5.74) is 9.12. The van der Waals surface area contributed by atoms with E-state index in [1.165, 1.54) is 12.1 Å². The van der Waals surface area contributed by atoms with E-state index in [9.17, 15) is 29.3 Å². The van der Waals surface area contributed by atoms with Gasteiger partial charge >= 0.3 is 29.6 Å². The van der Waals surface area contributed by atoms with Crippen LogP contribution >= 0.6 is 0 Å². The Labute approximate surface area is 231 Å². The molecule has 36 heavy (non-hydrogen) atoms. The van der Waals surface area contributed by atoms with Crippen LogP contribution in [0.1, 0.15) is 55.3 Å². The van der Waals surface area contributed by atoms with E-state index in [0.29, 0.717) is 28.1 Å². The molecule has 0 saturated carbocycles. The van der Waals surface area contributed by atoms with E-state index in [1.807, 2.05) is 13.8 Å². The molecule has 1 aromatic carbocycles. The summed E-state index contributed by atoms with van der Waals surface area (Å²) in [5, 5.41) is 31.1. The number of amides is 1. The molecule has 0 radical (unpaired) electrons. The predicted octanol–water partition coefficient (Wildman–Crippen LogP) is -0.775. The summed E-state index contributed by atoms with van der Waals surface area (Å²) in [6.07, 6.45) is -0.909. The van der Waals surface area contributed by atoms with Crippen molar-refractivity contribution in [3.8, 4) is 22.4 Å². The third-order valence-electron chi connectivity index (χ3n) is 5.77. The minimum absolute atomic E-state index is 0. The second kappa shape index (κ2) is 13.1. The molecule has 0 bridgehead atoms. The van der Waals surface area contributed by atoms with Crippen molar-refractivity contribution in [1.29, 1.82) is 0 Å². The number of aliphatic hydroxyl groups excluding tert-OH is 2. The van der Waals surface area contributed by atoms with Crippen molar-refractivity contribution in [2.75, 3.05) is 0 Å². The molecule has 186 valence electrons. The number of halogens is 1. The fourth-order valence-corrected chi connectivity index (χ4v) is 4.39. The molecule has 2 aromatic heterocycles. The summed E-state index contributed by atoms with van der Waals surface area (Å²) in [6.45, 7) is 3.79. The third kappa shape index (κ3) is 7.02. The van der Waals surface area contributed by atoms with Crippen LogP contribution in [0.5, 0.6) is 0 Å². The zero-order valence-electron chi connectivity index (χ0n) is 20.6. The molecule has 0 aliphatic rings. The minimum Gasteiger partial charge on any atom is -0.550 e. The number of rotatable bonds is 11. The van der Waals surface area contributed by atoms with Gasteiger partial charge in [0.1, 0.15) is 11.5 Å². The fraction of sp³-hybridized carbons (Fsp3) is 0.346. The summed E-state index contributed by atoms with van der Waals surface area (Å²) in [6, 6.07) is 11.0. The Kier molecular flexibility index (Phi) is 10.8. The second-order valence-electron chi connectivity index (χ2n) is 8.75. The minimum atomic E-state index is -1.40. The predicted molar refractivity (Wildman–Crippen MR) is 127 cm³/mol. The summed E-state index contributed by atoms with van der Waals surface area (Å²) >= 11 is 0. The van der Waals surface area contributed by atoms with Crippen LogP contribution in [-0.4, -0.2) is 43.8 Å². The Balaban J connectivity index is 0.00000456. The number of aliphatic carboxylic acids is 1. The summed E-state index contributed by atoms with van der Waals surface area (Å²) in [5.74, 6) is -2.47. The number of benzene rings is 1. The van der Waals surface area contributed by atoms with Crippen LogP contribution in [0.4, 0.5) is 4.39 Å². The van der Waals surface area contributed by atoms with E-state index < -0.39 is 36.3 Å². The zero-order valence-corrected chi connectivity index (χ0v) is 22.6. The first-order valence-electron chi connectivity index (χ1n) is 11.4. The van der Waals surface area contributed by atoms with E-state index in [4.69, 9.17) is 5.73 Å². The van der Waals surface area contributed by atoms with Gasteiger partial charge in [-0.25, -0.2) is 4.39 Å². The molecule has 2 heterocycles. The number of carboxylic acid groups (broad SMARTS) is 1. The van der Waals surface area contributed by atoms with E-state index in [1.54, 1.807) is 41.1 Å². The quantitative estimate of drug-likeness (QED) is 0.292. The van der Waals surface area contributed by atoms with Gasteiger partial charge in [0.15, 0.2) is 0 Å². The molecule has 0 spiro atoms. The van der Waals surface area contributed by atoms with E-state index in [2.05, 4.69) is 4.98 Å². The molecular formula is C26H29FN3NaO5. The number of carbonyl (C=O) groups excluding carboxylic acids is 2. The number of carboxylic acids is 1. The summed E-state index contributed by atoms with van der Waals surface area (Å²) < 4.78 is 15.5. The fourth-order valence-electron chi connectivity index (χ4n) is 4.39. The van der Waals surface area contributed by atoms with Crippen LogP contribution in [0.3, 0.4) is 0 Å². The van der Waals surface area contributed by atoms with Crippen molar-refractivity contribution in [3.05, 3.63) is 65.9 Å². The maximum Gasteiger partial charge on any atom is 1.00 e. The Morgan fingerprint density at radius 2 is 1.75 bits per heavy atom. The summed E-state index contributed by atoms with van der Waals surface area (Å²) in [4.78, 5) is 27.9. The summed E-state index contributed by atoms with van der Waals surface area (Å²) in [7, 11) is 0. The molecule has 2 atom stereocenters. The molecule has 1 amide bonds. The molecular weight excluding hydrogens is 476 g/mol. The smallest absolute Gasteiger partial charge is 0.550 e.